The number of urea groups is 3. The predicted molar refractivity (Wildman–Crippen MR) is 464 cm³/mol. The number of likely N-dealkylation sites (tertiary alicyclic amines) is 2. The number of carbonyl (C=O) groups is 7. The Kier molecular flexibility index (Phi) is 31.1. The van der Waals surface area contributed by atoms with Crippen LogP contribution in [0.1, 0.15) is 197 Å². The Hall–Kier alpha value is -10.9. The number of anilines is 9. The van der Waals surface area contributed by atoms with Crippen molar-refractivity contribution in [2.45, 2.75) is 178 Å². The summed E-state index contributed by atoms with van der Waals surface area (Å²) < 4.78 is 5.51. The number of hydrogen-bond acceptors (Lipinski definition) is 22. The molecule has 32 heteroatoms. The fraction of sp³-hybridized carbons (Fsp3) is 0.570. The molecule has 6 aliphatic heterocycles. The van der Waals surface area contributed by atoms with E-state index in [1.54, 1.807) is 95.2 Å². The van der Waals surface area contributed by atoms with Crippen LogP contribution in [-0.4, -0.2) is 283 Å². The fourth-order valence-electron chi connectivity index (χ4n) is 16.9. The molecule has 7 fully saturated rings. The van der Waals surface area contributed by atoms with Crippen molar-refractivity contribution in [2.24, 2.45) is 17.2 Å². The summed E-state index contributed by atoms with van der Waals surface area (Å²) in [6, 6.07) is 25.7. The lowest BCUT2D eigenvalue weighted by Crippen LogP contribution is -2.51. The molecule has 6 saturated heterocycles. The molecule has 0 bridgehead atoms. The third kappa shape index (κ3) is 23.5. The van der Waals surface area contributed by atoms with Crippen LogP contribution in [0, 0.1) is 0 Å². The van der Waals surface area contributed by atoms with E-state index < -0.39 is 23.3 Å². The standard InChI is InChI=1S/C30H44N8O4.C30H44N8O2.C25H36N8O2.CH4/c1-30(2,3)42-29(41)37-16-13-21(14-17-37)20-9-11-22(12-10-20)33-27-25(26(31)39)32-18-24(34-27)38-15-7-8-23(19-38)36(6)28(40)35(4)5;1-35(2)30(40)36(3)25-9-6-16-38(20-25)26-19-32-27(28(31)39)29(34-26)33-23-12-10-21(11-13-23)22-14-17-37(18-15-22)24-7-4-5-8-24;1-31(2)25(35)32(3)20-5-4-14-33(16-20)21-15-28-22(23(26)34)24(30-21)29-19-8-6-17(7-9-19)18-10-12-27-13-11-18;/h9-12,18,21,23H,7-8,13-17,19H2,1-6H3,(H2,31,39)(H,33,34);10-13,19,22,24-25H,4-9,14-18,20H2,1-3H3,(H2,31,39)(H,33,34);6-9,15,18,20,27H,4-5,10-14,16H2,1-3H3,(H2,26,34)(H,29,30);1H4/t23-;25-;20-;/m111./s1. The van der Waals surface area contributed by atoms with Gasteiger partial charge in [0.1, 0.15) is 23.1 Å². The average molecular weight is 1630 g/mol. The van der Waals surface area contributed by atoms with E-state index in [0.717, 1.165) is 120 Å². The van der Waals surface area contributed by atoms with E-state index in [0.29, 0.717) is 85.4 Å². The number of primary amides is 3. The zero-order valence-electron chi connectivity index (χ0n) is 70.6. The normalized spacial score (nSPS) is 19.0. The lowest BCUT2D eigenvalue weighted by atomic mass is 9.88. The van der Waals surface area contributed by atoms with Crippen LogP contribution in [0.3, 0.4) is 0 Å². The summed E-state index contributed by atoms with van der Waals surface area (Å²) in [5.74, 6) is 2.47. The number of nitrogens with two attached hydrogens (primary N) is 3. The molecule has 640 valence electrons. The second-order valence-corrected chi connectivity index (χ2v) is 33.7. The largest absolute Gasteiger partial charge is 0.444 e. The minimum Gasteiger partial charge on any atom is -0.444 e. The van der Waals surface area contributed by atoms with Crippen LogP contribution in [0.2, 0.25) is 0 Å². The number of likely N-dealkylation sites (N-methyl/N-ethyl adjacent to an activating group) is 3. The molecule has 0 spiro atoms. The molecule has 13 rings (SSSR count). The van der Waals surface area contributed by atoms with Crippen LogP contribution in [0.15, 0.2) is 91.4 Å². The third-order valence-electron chi connectivity index (χ3n) is 23.6. The number of piperidine rings is 6. The average Bonchev–Trinajstić information content (AvgIpc) is 0.878. The van der Waals surface area contributed by atoms with E-state index in [2.05, 4.69) is 104 Å². The Bertz CT molecular complexity index is 4350. The second-order valence-electron chi connectivity index (χ2n) is 33.7. The second kappa shape index (κ2) is 41.0. The molecule has 3 atom stereocenters. The van der Waals surface area contributed by atoms with Crippen molar-refractivity contribution in [3.05, 3.63) is 125 Å². The number of benzene rings is 3. The molecule has 0 radical (unpaired) electrons. The molecule has 10 N–H and O–H groups in total. The van der Waals surface area contributed by atoms with Gasteiger partial charge in [-0.2, -0.15) is 0 Å². The van der Waals surface area contributed by atoms with Crippen molar-refractivity contribution < 1.29 is 38.3 Å². The van der Waals surface area contributed by atoms with E-state index in [9.17, 15) is 33.6 Å². The van der Waals surface area contributed by atoms with Crippen LogP contribution < -0.4 is 53.2 Å². The molecule has 3 aromatic heterocycles. The van der Waals surface area contributed by atoms with E-state index in [1.165, 1.54) is 68.3 Å². The highest BCUT2D eigenvalue weighted by Crippen LogP contribution is 2.37. The molecule has 9 heterocycles. The monoisotopic (exact) mass is 1630 g/mol. The molecule has 0 unspecified atom stereocenters. The zero-order valence-corrected chi connectivity index (χ0v) is 70.6. The van der Waals surface area contributed by atoms with Crippen molar-refractivity contribution in [1.29, 1.82) is 0 Å². The SMILES string of the molecule is C.CN(C)C(=O)N(C)[C@@H]1CCCN(c2cnc(C(N)=O)c(Nc3ccc(C4CCN(C(=O)OC(C)(C)C)CC4)cc3)n2)C1.CN(C)C(=O)N(C)[C@@H]1CCCN(c2cnc(C(N)=O)c(Nc3ccc(C4CCN(C5CCCC5)CC4)cc3)n2)C1.CN(C)C(=O)N(C)[C@@H]1CCCN(c2cnc(C(N)=O)c(Nc3ccc(C4CCNCC4)cc3)n2)C1. The van der Waals surface area contributed by atoms with Gasteiger partial charge in [-0.1, -0.05) is 56.7 Å². The van der Waals surface area contributed by atoms with E-state index in [1.807, 2.05) is 66.2 Å². The van der Waals surface area contributed by atoms with Gasteiger partial charge in [-0.05, 0) is 208 Å². The summed E-state index contributed by atoms with van der Waals surface area (Å²) >= 11 is 0. The lowest BCUT2D eigenvalue weighted by Gasteiger charge is -2.39. The summed E-state index contributed by atoms with van der Waals surface area (Å²) in [7, 11) is 16.0. The Labute approximate surface area is 696 Å². The van der Waals surface area contributed by atoms with Crippen LogP contribution >= 0.6 is 0 Å². The first kappa shape index (κ1) is 89.5. The Morgan fingerprint density at radius 2 is 0.720 bits per heavy atom. The van der Waals surface area contributed by atoms with Crippen LogP contribution in [-0.2, 0) is 4.74 Å². The van der Waals surface area contributed by atoms with Crippen LogP contribution in [0.25, 0.3) is 0 Å². The zero-order chi connectivity index (χ0) is 83.8. The summed E-state index contributed by atoms with van der Waals surface area (Å²) in [6.45, 7) is 15.7. The van der Waals surface area contributed by atoms with Gasteiger partial charge in [0, 0.05) is 139 Å². The minimum atomic E-state index is -0.669. The highest BCUT2D eigenvalue weighted by Gasteiger charge is 2.35. The van der Waals surface area contributed by atoms with Gasteiger partial charge in [-0.15, -0.1) is 0 Å². The summed E-state index contributed by atoms with van der Waals surface area (Å²) in [5, 5.41) is 13.2. The topological polar surface area (TPSA) is 368 Å². The highest BCUT2D eigenvalue weighted by molar-refractivity contribution is 5.98. The highest BCUT2D eigenvalue weighted by atomic mass is 16.6. The number of hydrogen-bond donors (Lipinski definition) is 7. The molecule has 118 heavy (non-hydrogen) atoms. The smallest absolute Gasteiger partial charge is 0.410 e. The molecule has 1 aliphatic carbocycles. The lowest BCUT2D eigenvalue weighted by molar-refractivity contribution is 0.0204. The van der Waals surface area contributed by atoms with Gasteiger partial charge in [0.15, 0.2) is 34.5 Å². The predicted octanol–water partition coefficient (Wildman–Crippen LogP) is 11.0. The van der Waals surface area contributed by atoms with Gasteiger partial charge in [-0.3, -0.25) is 14.4 Å². The van der Waals surface area contributed by atoms with Crippen LogP contribution in [0.4, 0.5) is 71.1 Å². The molecule has 10 amide bonds. The van der Waals surface area contributed by atoms with Crippen LogP contribution in [0.5, 0.6) is 0 Å². The van der Waals surface area contributed by atoms with Gasteiger partial charge >= 0.3 is 24.2 Å². The van der Waals surface area contributed by atoms with Gasteiger partial charge in [0.25, 0.3) is 17.7 Å². The van der Waals surface area contributed by atoms with Crippen molar-refractivity contribution in [1.82, 2.24) is 74.4 Å². The maximum Gasteiger partial charge on any atom is 0.410 e. The maximum absolute atomic E-state index is 12.5. The fourth-order valence-corrected chi connectivity index (χ4v) is 16.9. The molecular weight excluding hydrogens is 1500 g/mol. The van der Waals surface area contributed by atoms with Crippen molar-refractivity contribution in [3.8, 4) is 0 Å². The molecular formula is C86H128N24O8. The molecule has 32 nitrogen and oxygen atoms in total. The van der Waals surface area contributed by atoms with Gasteiger partial charge in [0.2, 0.25) is 0 Å². The Morgan fingerprint density at radius 1 is 0.415 bits per heavy atom. The summed E-state index contributed by atoms with van der Waals surface area (Å²) in [6.07, 6.45) is 21.9. The Balaban J connectivity index is 0.000000186. The molecule has 7 aliphatic rings. The first-order chi connectivity index (χ1) is 55.9. The number of nitrogens with one attached hydrogen (secondary N) is 4. The molecule has 1 saturated carbocycles. The first-order valence-corrected chi connectivity index (χ1v) is 41.6. The minimum absolute atomic E-state index is 0. The third-order valence-corrected chi connectivity index (χ3v) is 23.6. The number of amides is 10. The van der Waals surface area contributed by atoms with Gasteiger partial charge in [0.05, 0.1) is 36.7 Å². The van der Waals surface area contributed by atoms with Crippen molar-refractivity contribution in [2.75, 3.05) is 173 Å². The number of rotatable bonds is 19. The van der Waals surface area contributed by atoms with E-state index in [4.69, 9.17) is 36.9 Å². The number of nitrogens with zero attached hydrogens (tertiary/aromatic N) is 17. The van der Waals surface area contributed by atoms with E-state index in [-0.39, 0.29) is 66.8 Å². The first-order valence-electron chi connectivity index (χ1n) is 41.6. The molecule has 6 aromatic rings. The summed E-state index contributed by atoms with van der Waals surface area (Å²) in [4.78, 5) is 134. The van der Waals surface area contributed by atoms with Gasteiger partial charge in [-0.25, -0.2) is 49.1 Å². The van der Waals surface area contributed by atoms with Crippen molar-refractivity contribution >= 4 is 93.9 Å². The maximum atomic E-state index is 12.5. The number of carbonyl (C=O) groups excluding carboxylic acids is 7. The van der Waals surface area contributed by atoms with Crippen molar-refractivity contribution in [3.63, 3.8) is 0 Å². The number of aromatic nitrogens is 6. The van der Waals surface area contributed by atoms with Gasteiger partial charge < -0.3 is 97.1 Å². The molecule has 3 aromatic carbocycles. The number of ether oxygens (including phenoxy) is 1. The van der Waals surface area contributed by atoms with E-state index >= 15 is 0 Å². The Morgan fingerprint density at radius 3 is 1.02 bits per heavy atom. The quantitative estimate of drug-likeness (QED) is 0.0396. The summed E-state index contributed by atoms with van der Waals surface area (Å²) in [5.41, 5.74) is 22.9.